The molecule has 2 aromatic carbocycles. The normalized spacial score (nSPS) is 18.6. The minimum atomic E-state index is -3.50. The van der Waals surface area contributed by atoms with E-state index in [1.807, 2.05) is 36.9 Å². The fourth-order valence-corrected chi connectivity index (χ4v) is 6.94. The molecule has 0 bridgehead atoms. The SMILES string of the molecule is CCN(CC)S(=O)(=O)c1ccc2c(c1)CCCN2C(=O)C1Cc2ccccc2S1. The number of thioether (sulfide) groups is 1. The molecule has 0 aliphatic carbocycles. The van der Waals surface area contributed by atoms with E-state index >= 15 is 0 Å². The van der Waals surface area contributed by atoms with Gasteiger partial charge in [-0.15, -0.1) is 11.8 Å². The summed E-state index contributed by atoms with van der Waals surface area (Å²) in [6, 6.07) is 13.4. The van der Waals surface area contributed by atoms with E-state index in [9.17, 15) is 13.2 Å². The number of nitrogens with zero attached hydrogens (tertiary/aromatic N) is 2. The Balaban J connectivity index is 1.60. The second-order valence-electron chi connectivity index (χ2n) is 7.39. The monoisotopic (exact) mass is 430 g/mol. The fraction of sp³-hybridized carbons (Fsp3) is 0.409. The van der Waals surface area contributed by atoms with Crippen LogP contribution in [-0.4, -0.2) is 43.5 Å². The number of carbonyl (C=O) groups is 1. The Labute approximate surface area is 177 Å². The van der Waals surface area contributed by atoms with Crippen molar-refractivity contribution >= 4 is 33.4 Å². The molecule has 1 unspecified atom stereocenters. The van der Waals surface area contributed by atoms with Crippen LogP contribution in [0, 0.1) is 0 Å². The van der Waals surface area contributed by atoms with Crippen LogP contribution in [0.1, 0.15) is 31.4 Å². The molecule has 7 heteroatoms. The summed E-state index contributed by atoms with van der Waals surface area (Å²) < 4.78 is 27.2. The molecule has 2 aromatic rings. The molecule has 154 valence electrons. The largest absolute Gasteiger partial charge is 0.311 e. The predicted octanol–water partition coefficient (Wildman–Crippen LogP) is 3.71. The maximum Gasteiger partial charge on any atom is 0.243 e. The fourth-order valence-electron chi connectivity index (χ4n) is 4.17. The Hall–Kier alpha value is -1.83. The average molecular weight is 431 g/mol. The van der Waals surface area contributed by atoms with Crippen molar-refractivity contribution < 1.29 is 13.2 Å². The standard InChI is InChI=1S/C22H26N2O3S2/c1-3-23(4-2)29(26,27)18-11-12-19-16(14-18)9-7-13-24(19)22(25)21-15-17-8-5-6-10-20(17)28-21/h5-6,8,10-12,14,21H,3-4,7,9,13,15H2,1-2H3. The number of carbonyl (C=O) groups excluding carboxylic acids is 1. The van der Waals surface area contributed by atoms with E-state index in [-0.39, 0.29) is 11.2 Å². The van der Waals surface area contributed by atoms with Crippen molar-refractivity contribution in [3.63, 3.8) is 0 Å². The van der Waals surface area contributed by atoms with Crippen LogP contribution < -0.4 is 4.90 Å². The Morgan fingerprint density at radius 2 is 1.90 bits per heavy atom. The summed E-state index contributed by atoms with van der Waals surface area (Å²) >= 11 is 1.64. The van der Waals surface area contributed by atoms with Crippen molar-refractivity contribution in [2.45, 2.75) is 48.2 Å². The van der Waals surface area contributed by atoms with Gasteiger partial charge in [0.1, 0.15) is 0 Å². The second kappa shape index (κ2) is 8.13. The van der Waals surface area contributed by atoms with E-state index < -0.39 is 10.0 Å². The zero-order valence-corrected chi connectivity index (χ0v) is 18.4. The van der Waals surface area contributed by atoms with Crippen LogP contribution >= 0.6 is 11.8 Å². The quantitative estimate of drug-likeness (QED) is 0.726. The molecule has 0 saturated heterocycles. The molecule has 2 aliphatic heterocycles. The van der Waals surface area contributed by atoms with Gasteiger partial charge in [-0.1, -0.05) is 32.0 Å². The van der Waals surface area contributed by atoms with E-state index in [1.165, 1.54) is 14.8 Å². The van der Waals surface area contributed by atoms with Crippen molar-refractivity contribution in [3.8, 4) is 0 Å². The molecule has 2 heterocycles. The minimum absolute atomic E-state index is 0.113. The molecule has 2 aliphatic rings. The lowest BCUT2D eigenvalue weighted by molar-refractivity contribution is -0.118. The van der Waals surface area contributed by atoms with E-state index in [1.54, 1.807) is 23.9 Å². The summed E-state index contributed by atoms with van der Waals surface area (Å²) in [6.45, 7) is 5.26. The number of amides is 1. The highest BCUT2D eigenvalue weighted by molar-refractivity contribution is 8.01. The summed E-state index contributed by atoms with van der Waals surface area (Å²) in [6.07, 6.45) is 2.39. The average Bonchev–Trinajstić information content (AvgIpc) is 3.17. The van der Waals surface area contributed by atoms with Gasteiger partial charge in [-0.05, 0) is 54.7 Å². The van der Waals surface area contributed by atoms with E-state index in [4.69, 9.17) is 0 Å². The van der Waals surface area contributed by atoms with Gasteiger partial charge in [0.25, 0.3) is 0 Å². The summed E-state index contributed by atoms with van der Waals surface area (Å²) in [4.78, 5) is 16.7. The van der Waals surface area contributed by atoms with Crippen LogP contribution in [0.4, 0.5) is 5.69 Å². The molecule has 0 saturated carbocycles. The lowest BCUT2D eigenvalue weighted by atomic mass is 10.0. The number of rotatable bonds is 5. The number of benzene rings is 2. The third-order valence-electron chi connectivity index (χ3n) is 5.70. The predicted molar refractivity (Wildman–Crippen MR) is 117 cm³/mol. The van der Waals surface area contributed by atoms with Gasteiger partial charge < -0.3 is 4.90 Å². The first kappa shape index (κ1) is 20.4. The van der Waals surface area contributed by atoms with Crippen LogP contribution in [0.5, 0.6) is 0 Å². The van der Waals surface area contributed by atoms with Crippen molar-refractivity contribution in [3.05, 3.63) is 53.6 Å². The van der Waals surface area contributed by atoms with Gasteiger partial charge in [-0.25, -0.2) is 8.42 Å². The molecule has 1 atom stereocenters. The van der Waals surface area contributed by atoms with Gasteiger partial charge in [0.2, 0.25) is 15.9 Å². The second-order valence-corrected chi connectivity index (χ2v) is 10.6. The van der Waals surface area contributed by atoms with Crippen molar-refractivity contribution in [1.29, 1.82) is 0 Å². The van der Waals surface area contributed by atoms with E-state index in [0.29, 0.717) is 24.5 Å². The first-order valence-electron chi connectivity index (χ1n) is 10.1. The third-order valence-corrected chi connectivity index (χ3v) is 9.05. The van der Waals surface area contributed by atoms with Crippen LogP contribution in [0.3, 0.4) is 0 Å². The first-order chi connectivity index (χ1) is 14.0. The van der Waals surface area contributed by atoms with Crippen molar-refractivity contribution in [2.24, 2.45) is 0 Å². The molecule has 5 nitrogen and oxygen atoms in total. The Kier molecular flexibility index (Phi) is 5.73. The van der Waals surface area contributed by atoms with Crippen LogP contribution in [0.2, 0.25) is 0 Å². The summed E-state index contributed by atoms with van der Waals surface area (Å²) in [5.74, 6) is 0.117. The zero-order valence-electron chi connectivity index (χ0n) is 16.8. The highest BCUT2D eigenvalue weighted by Gasteiger charge is 2.34. The number of fused-ring (bicyclic) bond motifs is 2. The molecular weight excluding hydrogens is 404 g/mol. The maximum absolute atomic E-state index is 13.3. The van der Waals surface area contributed by atoms with Crippen LogP contribution in [-0.2, 0) is 27.7 Å². The lowest BCUT2D eigenvalue weighted by Crippen LogP contribution is -2.41. The summed E-state index contributed by atoms with van der Waals surface area (Å²) in [7, 11) is -3.50. The molecular formula is C22H26N2O3S2. The Bertz CT molecular complexity index is 1010. The highest BCUT2D eigenvalue weighted by atomic mass is 32.2. The highest BCUT2D eigenvalue weighted by Crippen LogP contribution is 2.39. The summed E-state index contributed by atoms with van der Waals surface area (Å²) in [5.41, 5.74) is 3.03. The maximum atomic E-state index is 13.3. The minimum Gasteiger partial charge on any atom is -0.311 e. The van der Waals surface area contributed by atoms with Gasteiger partial charge in [0.15, 0.2) is 0 Å². The van der Waals surface area contributed by atoms with Gasteiger partial charge in [-0.2, -0.15) is 4.31 Å². The molecule has 29 heavy (non-hydrogen) atoms. The molecule has 0 N–H and O–H groups in total. The number of aryl methyl sites for hydroxylation is 1. The molecule has 0 fully saturated rings. The van der Waals surface area contributed by atoms with Crippen LogP contribution in [0.25, 0.3) is 0 Å². The summed E-state index contributed by atoms with van der Waals surface area (Å²) in [5, 5.41) is -0.113. The molecule has 0 radical (unpaired) electrons. The van der Waals surface area contributed by atoms with Gasteiger partial charge >= 0.3 is 0 Å². The first-order valence-corrected chi connectivity index (χ1v) is 12.5. The number of sulfonamides is 1. The smallest absolute Gasteiger partial charge is 0.243 e. The van der Waals surface area contributed by atoms with Crippen molar-refractivity contribution in [1.82, 2.24) is 4.31 Å². The van der Waals surface area contributed by atoms with Gasteiger partial charge in [0.05, 0.1) is 10.1 Å². The topological polar surface area (TPSA) is 57.7 Å². The molecule has 4 rings (SSSR count). The Morgan fingerprint density at radius 1 is 1.14 bits per heavy atom. The number of hydrogen-bond donors (Lipinski definition) is 0. The third kappa shape index (κ3) is 3.71. The zero-order chi connectivity index (χ0) is 20.6. The Morgan fingerprint density at radius 3 is 2.62 bits per heavy atom. The van der Waals surface area contributed by atoms with E-state index in [0.717, 1.165) is 30.5 Å². The van der Waals surface area contributed by atoms with E-state index in [2.05, 4.69) is 12.1 Å². The lowest BCUT2D eigenvalue weighted by Gasteiger charge is -2.32. The van der Waals surface area contributed by atoms with Gasteiger partial charge in [-0.3, -0.25) is 4.79 Å². The number of hydrogen-bond acceptors (Lipinski definition) is 4. The van der Waals surface area contributed by atoms with Gasteiger partial charge in [0, 0.05) is 30.2 Å². The molecule has 0 aromatic heterocycles. The molecule has 0 spiro atoms. The number of anilines is 1. The van der Waals surface area contributed by atoms with Crippen molar-refractivity contribution in [2.75, 3.05) is 24.5 Å². The molecule has 1 amide bonds. The van der Waals surface area contributed by atoms with Crippen LogP contribution in [0.15, 0.2) is 52.3 Å².